The summed E-state index contributed by atoms with van der Waals surface area (Å²) in [6, 6.07) is -0.840. The lowest BCUT2D eigenvalue weighted by molar-refractivity contribution is -0.359. The molecule has 0 spiro atoms. The van der Waals surface area contributed by atoms with Crippen molar-refractivity contribution in [3.63, 3.8) is 0 Å². The summed E-state index contributed by atoms with van der Waals surface area (Å²) in [5.41, 5.74) is 0. The molecule has 0 aliphatic carbocycles. The van der Waals surface area contributed by atoms with Crippen molar-refractivity contribution in [3.05, 3.63) is 122 Å². The lowest BCUT2D eigenvalue weighted by Crippen LogP contribution is -2.65. The fourth-order valence-electron chi connectivity index (χ4n) is 9.97. The number of rotatable bonds is 51. The van der Waals surface area contributed by atoms with Gasteiger partial charge in [0.15, 0.2) is 12.6 Å². The zero-order chi connectivity index (χ0) is 60.9. The Bertz CT molecular complexity index is 1870. The average molecular weight is 1180 g/mol. The number of amides is 1. The molecule has 0 bridgehead atoms. The van der Waals surface area contributed by atoms with Crippen molar-refractivity contribution >= 4 is 5.91 Å². The van der Waals surface area contributed by atoms with Crippen molar-refractivity contribution in [2.45, 2.75) is 293 Å². The molecule has 0 saturated carbocycles. The quantitative estimate of drug-likeness (QED) is 0.0204. The van der Waals surface area contributed by atoms with Crippen LogP contribution in [0.1, 0.15) is 219 Å². The van der Waals surface area contributed by atoms with Crippen LogP contribution >= 0.6 is 0 Å². The second-order valence-corrected chi connectivity index (χ2v) is 22.5. The molecule has 1 amide bonds. The highest BCUT2D eigenvalue weighted by Crippen LogP contribution is 2.30. The Balaban J connectivity index is 1.61. The molecule has 14 nitrogen and oxygen atoms in total. The number of allylic oxidation sites excluding steroid dienone is 20. The van der Waals surface area contributed by atoms with Gasteiger partial charge in [-0.15, -0.1) is 0 Å². The van der Waals surface area contributed by atoms with E-state index < -0.39 is 86.8 Å². The van der Waals surface area contributed by atoms with Crippen LogP contribution in [0.15, 0.2) is 122 Å². The molecule has 2 aliphatic heterocycles. The maximum Gasteiger partial charge on any atom is 0.220 e. The largest absolute Gasteiger partial charge is 0.394 e. The number of hydrogen-bond donors (Lipinski definition) is 9. The summed E-state index contributed by atoms with van der Waals surface area (Å²) in [5, 5.41) is 87.2. The third-order valence-electron chi connectivity index (χ3n) is 15.2. The van der Waals surface area contributed by atoms with Crippen LogP contribution in [-0.2, 0) is 23.7 Å². The van der Waals surface area contributed by atoms with E-state index in [-0.39, 0.29) is 18.9 Å². The highest BCUT2D eigenvalue weighted by molar-refractivity contribution is 5.76. The Kier molecular flexibility index (Phi) is 48.8. The molecule has 480 valence electrons. The molecular weight excluding hydrogens is 1060 g/mol. The van der Waals surface area contributed by atoms with Gasteiger partial charge in [-0.3, -0.25) is 4.79 Å². The minimum atomic E-state index is -1.79. The number of carbonyl (C=O) groups excluding carboxylic acids is 1. The number of aliphatic hydroxyl groups is 8. The van der Waals surface area contributed by atoms with Crippen LogP contribution in [0.5, 0.6) is 0 Å². The normalized spacial score (nSPS) is 24.5. The molecule has 12 unspecified atom stereocenters. The van der Waals surface area contributed by atoms with Gasteiger partial charge in [0.2, 0.25) is 5.91 Å². The first-order valence-corrected chi connectivity index (χ1v) is 32.8. The topological polar surface area (TPSA) is 228 Å². The van der Waals surface area contributed by atoms with Gasteiger partial charge in [-0.2, -0.15) is 0 Å². The van der Waals surface area contributed by atoms with Crippen molar-refractivity contribution in [1.82, 2.24) is 5.32 Å². The molecule has 12 atom stereocenters. The highest BCUT2D eigenvalue weighted by atomic mass is 16.7. The van der Waals surface area contributed by atoms with E-state index in [4.69, 9.17) is 18.9 Å². The lowest BCUT2D eigenvalue weighted by Gasteiger charge is -2.46. The number of ether oxygens (including phenoxy) is 4. The first-order chi connectivity index (χ1) is 41.1. The standard InChI is InChI=1S/C70H117NO13/c1-3-5-7-9-11-13-15-16-17-18-19-20-21-22-23-24-25-26-27-28-29-30-31-32-33-34-35-36-37-38-39-40-41-42-44-46-48-50-52-54-62(75)71-58(59(74)53-51-49-47-45-43-14-12-10-8-6-4-2)57-81-69-67(80)65(78)68(61(56-73)83-69)84-70-66(79)64(77)63(76)60(55-72)82-70/h5,7,11,13,16-17,19-20,22-23,25-26,28-29,31-32,34-35,37-38,58-61,63-70,72-74,76-80H,3-4,6,8-10,12,14-15,18,21,24,27,30,33,36,39-57H2,1-2H3,(H,71,75)/b7-5-,13-11-,17-16-,20-19-,23-22-,26-25-,29-28-,32-31-,35-34-,38-37-. The van der Waals surface area contributed by atoms with E-state index in [1.165, 1.54) is 64.2 Å². The summed E-state index contributed by atoms with van der Waals surface area (Å²) >= 11 is 0. The van der Waals surface area contributed by atoms with Crippen LogP contribution in [0.2, 0.25) is 0 Å². The highest BCUT2D eigenvalue weighted by Gasteiger charge is 2.51. The van der Waals surface area contributed by atoms with Gasteiger partial charge in [0.1, 0.15) is 48.8 Å². The molecule has 0 radical (unpaired) electrons. The van der Waals surface area contributed by atoms with E-state index in [1.54, 1.807) is 0 Å². The summed E-state index contributed by atoms with van der Waals surface area (Å²) in [7, 11) is 0. The fourth-order valence-corrected chi connectivity index (χ4v) is 9.97. The predicted molar refractivity (Wildman–Crippen MR) is 341 cm³/mol. The molecule has 2 fully saturated rings. The zero-order valence-corrected chi connectivity index (χ0v) is 51.8. The Morgan fingerprint density at radius 2 is 0.821 bits per heavy atom. The van der Waals surface area contributed by atoms with Gasteiger partial charge >= 0.3 is 0 Å². The van der Waals surface area contributed by atoms with E-state index in [9.17, 15) is 45.6 Å². The number of aliphatic hydroxyl groups excluding tert-OH is 8. The van der Waals surface area contributed by atoms with Crippen LogP contribution in [0, 0.1) is 0 Å². The minimum absolute atomic E-state index is 0.222. The first-order valence-electron chi connectivity index (χ1n) is 32.8. The maximum absolute atomic E-state index is 13.3. The molecule has 84 heavy (non-hydrogen) atoms. The van der Waals surface area contributed by atoms with Crippen molar-refractivity contribution in [3.8, 4) is 0 Å². The van der Waals surface area contributed by atoms with Gasteiger partial charge < -0.3 is 65.1 Å². The van der Waals surface area contributed by atoms with Gasteiger partial charge in [0, 0.05) is 6.42 Å². The molecule has 2 rings (SSSR count). The molecule has 2 saturated heterocycles. The number of carbonyl (C=O) groups is 1. The molecule has 9 N–H and O–H groups in total. The van der Waals surface area contributed by atoms with Gasteiger partial charge in [0.05, 0.1) is 32.0 Å². The van der Waals surface area contributed by atoms with E-state index in [0.29, 0.717) is 12.8 Å². The van der Waals surface area contributed by atoms with Crippen molar-refractivity contribution in [1.29, 1.82) is 0 Å². The van der Waals surface area contributed by atoms with E-state index >= 15 is 0 Å². The molecule has 2 aliphatic rings. The second kappa shape index (κ2) is 53.6. The van der Waals surface area contributed by atoms with Crippen molar-refractivity contribution in [2.24, 2.45) is 0 Å². The van der Waals surface area contributed by atoms with E-state index in [1.807, 2.05) is 0 Å². The van der Waals surface area contributed by atoms with E-state index in [0.717, 1.165) is 122 Å². The summed E-state index contributed by atoms with van der Waals surface area (Å²) < 4.78 is 22.8. The Morgan fingerprint density at radius 1 is 0.440 bits per heavy atom. The molecular formula is C70H117NO13. The van der Waals surface area contributed by atoms with Crippen LogP contribution < -0.4 is 5.32 Å². The smallest absolute Gasteiger partial charge is 0.220 e. The third-order valence-corrected chi connectivity index (χ3v) is 15.2. The Hall–Kier alpha value is -3.61. The van der Waals surface area contributed by atoms with Gasteiger partial charge in [-0.1, -0.05) is 245 Å². The SMILES string of the molecule is CC/C=C\C/C=C\C/C=C\C/C=C\C/C=C\C/C=C\C/C=C\C/C=C\C/C=C\C/C=C\CCCCCCCCCCC(=O)NC(COC1OC(CO)C(OC2OC(CO)C(O)C(O)C2O)C(O)C1O)C(O)CCCCCCCCCCCCC. The van der Waals surface area contributed by atoms with Crippen LogP contribution in [-0.4, -0.2) is 140 Å². The summed E-state index contributed by atoms with van der Waals surface area (Å²) in [6.45, 7) is 2.71. The zero-order valence-electron chi connectivity index (χ0n) is 51.8. The van der Waals surface area contributed by atoms with Crippen LogP contribution in [0.3, 0.4) is 0 Å². The third kappa shape index (κ3) is 37.8. The number of nitrogens with one attached hydrogen (secondary N) is 1. The first kappa shape index (κ1) is 76.5. The molecule has 0 aromatic carbocycles. The molecule has 2 heterocycles. The number of unbranched alkanes of at least 4 members (excludes halogenated alkanes) is 18. The summed E-state index contributed by atoms with van der Waals surface area (Å²) in [5.74, 6) is -0.222. The van der Waals surface area contributed by atoms with Gasteiger partial charge in [-0.25, -0.2) is 0 Å². The molecule has 0 aromatic rings. The van der Waals surface area contributed by atoms with Gasteiger partial charge in [-0.05, 0) is 89.9 Å². The average Bonchev–Trinajstić information content (AvgIpc) is 3.59. The predicted octanol–water partition coefficient (Wildman–Crippen LogP) is 12.6. The van der Waals surface area contributed by atoms with E-state index in [2.05, 4.69) is 141 Å². The lowest BCUT2D eigenvalue weighted by atomic mass is 9.97. The van der Waals surface area contributed by atoms with Crippen molar-refractivity contribution < 1.29 is 64.6 Å². The summed E-state index contributed by atoms with van der Waals surface area (Å²) in [6.07, 6.45) is 60.8. The van der Waals surface area contributed by atoms with Crippen molar-refractivity contribution in [2.75, 3.05) is 19.8 Å². The monoisotopic (exact) mass is 1180 g/mol. The second-order valence-electron chi connectivity index (χ2n) is 22.5. The fraction of sp³-hybridized carbons (Fsp3) is 0.700. The van der Waals surface area contributed by atoms with Crippen LogP contribution in [0.25, 0.3) is 0 Å². The van der Waals surface area contributed by atoms with Gasteiger partial charge in [0.25, 0.3) is 0 Å². The maximum atomic E-state index is 13.3. The Labute approximate surface area is 508 Å². The Morgan fingerprint density at radius 3 is 1.26 bits per heavy atom. The molecule has 14 heteroatoms. The summed E-state index contributed by atoms with van der Waals surface area (Å²) in [4.78, 5) is 13.3. The molecule has 0 aromatic heterocycles. The minimum Gasteiger partial charge on any atom is -0.394 e. The van der Waals surface area contributed by atoms with Crippen LogP contribution in [0.4, 0.5) is 0 Å². The number of hydrogen-bond acceptors (Lipinski definition) is 13.